The molecule has 12 heteroatoms. The maximum Gasteiger partial charge on any atom is 0.308 e. The average molecular weight is 566 g/mol. The van der Waals surface area contributed by atoms with Crippen molar-refractivity contribution in [3.8, 4) is 0 Å². The van der Waals surface area contributed by atoms with E-state index in [1.54, 1.807) is 0 Å². The third-order valence-electron chi connectivity index (χ3n) is 8.19. The zero-order valence-corrected chi connectivity index (χ0v) is 23.2. The molecule has 40 heavy (non-hydrogen) atoms. The van der Waals surface area contributed by atoms with Crippen LogP contribution in [0.1, 0.15) is 70.6 Å². The van der Waals surface area contributed by atoms with E-state index in [0.29, 0.717) is 52.6 Å². The molecule has 0 radical (unpaired) electrons. The van der Waals surface area contributed by atoms with Crippen molar-refractivity contribution >= 4 is 29.6 Å². The Bertz CT molecular complexity index is 907. The molecule has 2 N–H and O–H groups in total. The highest BCUT2D eigenvalue weighted by atomic mass is 16.6. The Kier molecular flexibility index (Phi) is 11.9. The largest absolute Gasteiger partial charge is 0.462 e. The number of ether oxygens (including phenoxy) is 4. The third-order valence-corrected chi connectivity index (χ3v) is 8.19. The molecule has 12 nitrogen and oxygen atoms in total. The van der Waals surface area contributed by atoms with Crippen LogP contribution in [0.25, 0.3) is 0 Å². The van der Waals surface area contributed by atoms with E-state index >= 15 is 0 Å². The van der Waals surface area contributed by atoms with E-state index in [0.717, 1.165) is 43.4 Å². The van der Waals surface area contributed by atoms with Crippen molar-refractivity contribution < 1.29 is 42.9 Å². The Labute approximate surface area is 235 Å². The fourth-order valence-electron chi connectivity index (χ4n) is 6.17. The SMILES string of the molecule is O=C1CCC(N2C(=O)C3CCCC(NCCOCCOCCOCCC(=O)OC4CCCCC4)C3C2=O)C(=O)N1. The molecular weight excluding hydrogens is 522 g/mol. The number of likely N-dealkylation sites (tertiary alicyclic amines) is 1. The molecule has 0 spiro atoms. The van der Waals surface area contributed by atoms with Gasteiger partial charge in [-0.05, 0) is 44.9 Å². The number of hydrogen-bond acceptors (Lipinski definition) is 10. The Morgan fingerprint density at radius 2 is 1.50 bits per heavy atom. The summed E-state index contributed by atoms with van der Waals surface area (Å²) in [6, 6.07) is -1.06. The summed E-state index contributed by atoms with van der Waals surface area (Å²) in [7, 11) is 0. The number of fused-ring (bicyclic) bond motifs is 1. The predicted molar refractivity (Wildman–Crippen MR) is 141 cm³/mol. The smallest absolute Gasteiger partial charge is 0.308 e. The molecule has 0 aromatic carbocycles. The molecule has 4 aliphatic rings. The van der Waals surface area contributed by atoms with E-state index in [1.165, 1.54) is 6.42 Å². The van der Waals surface area contributed by atoms with Crippen molar-refractivity contribution in [3.63, 3.8) is 0 Å². The van der Waals surface area contributed by atoms with Crippen LogP contribution < -0.4 is 10.6 Å². The molecule has 4 fully saturated rings. The zero-order valence-electron chi connectivity index (χ0n) is 23.2. The first-order valence-corrected chi connectivity index (χ1v) is 14.8. The number of carbonyl (C=O) groups excluding carboxylic acids is 5. The van der Waals surface area contributed by atoms with Crippen molar-refractivity contribution in [1.29, 1.82) is 0 Å². The standard InChI is InChI=1S/C28H43N3O9/c32-23-10-9-22(26(34)30-23)31-27(35)20-7-4-8-21(25(20)28(31)36)29-12-14-38-16-18-39-17-15-37-13-11-24(33)40-19-5-2-1-3-6-19/h19-22,25,29H,1-18H2,(H,30,32,34). The van der Waals surface area contributed by atoms with Gasteiger partial charge in [0.05, 0.1) is 57.9 Å². The van der Waals surface area contributed by atoms with Gasteiger partial charge in [-0.1, -0.05) is 12.8 Å². The van der Waals surface area contributed by atoms with Gasteiger partial charge >= 0.3 is 5.97 Å². The van der Waals surface area contributed by atoms with Crippen LogP contribution >= 0.6 is 0 Å². The molecule has 4 amide bonds. The number of imide groups is 2. The maximum absolute atomic E-state index is 13.2. The molecule has 224 valence electrons. The van der Waals surface area contributed by atoms with E-state index in [9.17, 15) is 24.0 Å². The van der Waals surface area contributed by atoms with Gasteiger partial charge in [0.1, 0.15) is 12.1 Å². The molecule has 2 saturated carbocycles. The van der Waals surface area contributed by atoms with E-state index in [-0.39, 0.29) is 55.1 Å². The molecule has 2 aliphatic carbocycles. The number of amides is 4. The van der Waals surface area contributed by atoms with Gasteiger partial charge < -0.3 is 24.3 Å². The minimum absolute atomic E-state index is 0.0733. The van der Waals surface area contributed by atoms with Crippen molar-refractivity contribution in [2.24, 2.45) is 11.8 Å². The first kappa shape index (κ1) is 30.5. The van der Waals surface area contributed by atoms with Crippen LogP contribution in [0.4, 0.5) is 0 Å². The fraction of sp³-hybridized carbons (Fsp3) is 0.821. The summed E-state index contributed by atoms with van der Waals surface area (Å²) in [6.45, 7) is 2.89. The van der Waals surface area contributed by atoms with Crippen LogP contribution in [-0.2, 0) is 42.9 Å². The highest BCUT2D eigenvalue weighted by molar-refractivity contribution is 6.11. The number of esters is 1. The van der Waals surface area contributed by atoms with Crippen LogP contribution in [0.2, 0.25) is 0 Å². The van der Waals surface area contributed by atoms with Gasteiger partial charge in [0.2, 0.25) is 23.6 Å². The number of carbonyl (C=O) groups is 5. The second kappa shape index (κ2) is 15.6. The maximum atomic E-state index is 13.2. The molecule has 2 aliphatic heterocycles. The van der Waals surface area contributed by atoms with Crippen LogP contribution in [-0.4, -0.2) is 98.9 Å². The molecule has 4 atom stereocenters. The Morgan fingerprint density at radius 3 is 2.23 bits per heavy atom. The Morgan fingerprint density at radius 1 is 0.800 bits per heavy atom. The lowest BCUT2D eigenvalue weighted by Crippen LogP contribution is -2.55. The third kappa shape index (κ3) is 8.31. The topological polar surface area (TPSA) is 150 Å². The first-order chi connectivity index (χ1) is 19.5. The molecule has 0 aromatic heterocycles. The van der Waals surface area contributed by atoms with E-state index in [4.69, 9.17) is 18.9 Å². The van der Waals surface area contributed by atoms with Gasteiger partial charge in [0.15, 0.2) is 0 Å². The lowest BCUT2D eigenvalue weighted by Gasteiger charge is -2.31. The molecule has 2 heterocycles. The summed E-state index contributed by atoms with van der Waals surface area (Å²) in [4.78, 5) is 63.0. The number of nitrogens with zero attached hydrogens (tertiary/aromatic N) is 1. The van der Waals surface area contributed by atoms with E-state index in [1.807, 2.05) is 0 Å². The number of piperidine rings is 1. The summed E-state index contributed by atoms with van der Waals surface area (Å²) >= 11 is 0. The van der Waals surface area contributed by atoms with E-state index < -0.39 is 23.8 Å². The Hall–Kier alpha value is -2.41. The van der Waals surface area contributed by atoms with Crippen molar-refractivity contribution in [2.45, 2.75) is 88.8 Å². The second-order valence-electron chi connectivity index (χ2n) is 11.0. The molecular formula is C28H43N3O9. The van der Waals surface area contributed by atoms with Gasteiger partial charge in [-0.3, -0.25) is 34.2 Å². The van der Waals surface area contributed by atoms with Crippen LogP contribution in [0, 0.1) is 11.8 Å². The minimum atomic E-state index is -0.902. The summed E-state index contributed by atoms with van der Waals surface area (Å²) in [5.41, 5.74) is 0. The van der Waals surface area contributed by atoms with Gasteiger partial charge in [-0.25, -0.2) is 0 Å². The summed E-state index contributed by atoms with van der Waals surface area (Å²) in [5, 5.41) is 5.61. The first-order valence-electron chi connectivity index (χ1n) is 14.8. The monoisotopic (exact) mass is 565 g/mol. The summed E-state index contributed by atoms with van der Waals surface area (Å²) in [6.07, 6.45) is 8.25. The minimum Gasteiger partial charge on any atom is -0.462 e. The zero-order chi connectivity index (χ0) is 28.3. The molecule has 2 saturated heterocycles. The van der Waals surface area contributed by atoms with Gasteiger partial charge in [0.25, 0.3) is 0 Å². The lowest BCUT2D eigenvalue weighted by atomic mass is 9.77. The number of hydrogen-bond donors (Lipinski definition) is 2. The predicted octanol–water partition coefficient (Wildman–Crippen LogP) is 0.851. The van der Waals surface area contributed by atoms with Gasteiger partial charge in [-0.2, -0.15) is 0 Å². The Balaban J connectivity index is 1.03. The molecule has 4 unspecified atom stereocenters. The quantitative estimate of drug-likeness (QED) is 0.166. The van der Waals surface area contributed by atoms with Crippen molar-refractivity contribution in [3.05, 3.63) is 0 Å². The van der Waals surface area contributed by atoms with Gasteiger partial charge in [-0.15, -0.1) is 0 Å². The fourth-order valence-corrected chi connectivity index (χ4v) is 6.17. The normalized spacial score (nSPS) is 27.6. The van der Waals surface area contributed by atoms with Crippen molar-refractivity contribution in [2.75, 3.05) is 46.2 Å². The van der Waals surface area contributed by atoms with Crippen LogP contribution in [0.15, 0.2) is 0 Å². The van der Waals surface area contributed by atoms with Crippen molar-refractivity contribution in [1.82, 2.24) is 15.5 Å². The number of nitrogens with one attached hydrogen (secondary N) is 2. The molecule has 0 bridgehead atoms. The van der Waals surface area contributed by atoms with Crippen LogP contribution in [0.3, 0.4) is 0 Å². The molecule has 4 rings (SSSR count). The van der Waals surface area contributed by atoms with E-state index in [2.05, 4.69) is 10.6 Å². The highest BCUT2D eigenvalue weighted by Crippen LogP contribution is 2.40. The van der Waals surface area contributed by atoms with Crippen LogP contribution in [0.5, 0.6) is 0 Å². The summed E-state index contributed by atoms with van der Waals surface area (Å²) < 4.78 is 22.0. The van der Waals surface area contributed by atoms with Gasteiger partial charge in [0, 0.05) is 19.0 Å². The number of rotatable bonds is 15. The highest BCUT2D eigenvalue weighted by Gasteiger charge is 2.55. The second-order valence-corrected chi connectivity index (χ2v) is 11.0. The average Bonchev–Trinajstić information content (AvgIpc) is 3.20. The summed E-state index contributed by atoms with van der Waals surface area (Å²) in [5.74, 6) is -2.69. The lowest BCUT2D eigenvalue weighted by molar-refractivity contribution is -0.152. The molecule has 0 aromatic rings.